The topological polar surface area (TPSA) is 59.4 Å². The van der Waals surface area contributed by atoms with Crippen molar-refractivity contribution < 1.29 is 22.7 Å². The number of likely N-dealkylation sites (N-methyl/N-ethyl adjacent to an activating group) is 1. The van der Waals surface area contributed by atoms with Gasteiger partial charge in [0.2, 0.25) is 0 Å². The van der Waals surface area contributed by atoms with E-state index in [2.05, 4.69) is 10.4 Å². The summed E-state index contributed by atoms with van der Waals surface area (Å²) in [4.78, 5) is 14.1. The smallest absolute Gasteiger partial charge is 0.435 e. The van der Waals surface area contributed by atoms with Crippen molar-refractivity contribution in [1.82, 2.24) is 20.0 Å². The Morgan fingerprint density at radius 2 is 1.92 bits per heavy atom. The highest BCUT2D eigenvalue weighted by Crippen LogP contribution is 2.30. The zero-order valence-corrected chi connectivity index (χ0v) is 14.8. The van der Waals surface area contributed by atoms with E-state index >= 15 is 0 Å². The molecule has 2 rings (SSSR count). The molecule has 6 nitrogen and oxygen atoms in total. The maximum Gasteiger partial charge on any atom is 0.435 e. The van der Waals surface area contributed by atoms with Gasteiger partial charge in [-0.3, -0.25) is 9.48 Å². The summed E-state index contributed by atoms with van der Waals surface area (Å²) in [5.74, 6) is -0.134. The fourth-order valence-electron chi connectivity index (χ4n) is 2.19. The molecule has 1 amide bonds. The van der Waals surface area contributed by atoms with Crippen LogP contribution in [-0.4, -0.2) is 47.8 Å². The first-order valence-corrected chi connectivity index (χ1v) is 7.92. The summed E-state index contributed by atoms with van der Waals surface area (Å²) in [7, 11) is 5.23. The van der Waals surface area contributed by atoms with E-state index < -0.39 is 23.3 Å². The highest BCUT2D eigenvalue weighted by molar-refractivity contribution is 5.95. The van der Waals surface area contributed by atoms with Gasteiger partial charge in [0.05, 0.1) is 5.56 Å². The Morgan fingerprint density at radius 3 is 2.50 bits per heavy atom. The molecule has 1 aromatic carbocycles. The fraction of sp³-hybridized carbons (Fsp3) is 0.412. The van der Waals surface area contributed by atoms with Gasteiger partial charge in [0.1, 0.15) is 12.4 Å². The molecule has 0 bridgehead atoms. The molecule has 0 radical (unpaired) electrons. The maximum absolute atomic E-state index is 12.9. The largest absolute Gasteiger partial charge is 0.492 e. The molecular formula is C17H21F3N4O2. The van der Waals surface area contributed by atoms with E-state index in [9.17, 15) is 18.0 Å². The fourth-order valence-corrected chi connectivity index (χ4v) is 2.19. The van der Waals surface area contributed by atoms with Crippen LogP contribution in [0.25, 0.3) is 0 Å². The number of nitrogens with zero attached hydrogens (tertiary/aromatic N) is 3. The molecule has 26 heavy (non-hydrogen) atoms. The van der Waals surface area contributed by atoms with Crippen molar-refractivity contribution in [3.05, 3.63) is 47.3 Å². The van der Waals surface area contributed by atoms with Crippen molar-refractivity contribution in [3.63, 3.8) is 0 Å². The van der Waals surface area contributed by atoms with Gasteiger partial charge >= 0.3 is 6.18 Å². The lowest BCUT2D eigenvalue weighted by molar-refractivity contribution is -0.141. The molecular weight excluding hydrogens is 349 g/mol. The first-order valence-electron chi connectivity index (χ1n) is 7.92. The molecule has 2 aromatic rings. The van der Waals surface area contributed by atoms with Crippen LogP contribution < -0.4 is 10.1 Å². The number of aryl methyl sites for hydroxylation is 1. The number of benzene rings is 1. The van der Waals surface area contributed by atoms with Gasteiger partial charge in [-0.1, -0.05) is 12.1 Å². The Bertz CT molecular complexity index is 739. The molecule has 1 aromatic heterocycles. The number of rotatable bonds is 7. The van der Waals surface area contributed by atoms with Gasteiger partial charge in [-0.15, -0.1) is 0 Å². The molecule has 1 heterocycles. The van der Waals surface area contributed by atoms with Crippen LogP contribution >= 0.6 is 0 Å². The second-order valence-corrected chi connectivity index (χ2v) is 6.04. The Hall–Kier alpha value is -2.55. The van der Waals surface area contributed by atoms with Gasteiger partial charge in [0.25, 0.3) is 5.91 Å². The molecule has 0 atom stereocenters. The number of nitrogens with one attached hydrogen (secondary N) is 1. The predicted octanol–water partition coefficient (Wildman–Crippen LogP) is 2.31. The average Bonchev–Trinajstić information content (AvgIpc) is 2.96. The Labute approximate surface area is 149 Å². The second-order valence-electron chi connectivity index (χ2n) is 6.04. The van der Waals surface area contributed by atoms with Gasteiger partial charge in [0.15, 0.2) is 5.69 Å². The minimum Gasteiger partial charge on any atom is -0.492 e. The van der Waals surface area contributed by atoms with Crippen LogP contribution in [-0.2, 0) is 19.8 Å². The number of ether oxygens (including phenoxy) is 1. The minimum atomic E-state index is -4.68. The van der Waals surface area contributed by atoms with Gasteiger partial charge in [-0.2, -0.15) is 18.3 Å². The van der Waals surface area contributed by atoms with E-state index in [0.717, 1.165) is 23.0 Å². The second kappa shape index (κ2) is 8.22. The third-order valence-electron chi connectivity index (χ3n) is 3.53. The van der Waals surface area contributed by atoms with Crippen molar-refractivity contribution in [2.45, 2.75) is 12.7 Å². The molecule has 0 saturated heterocycles. The monoisotopic (exact) mass is 370 g/mol. The quantitative estimate of drug-likeness (QED) is 0.813. The molecule has 0 unspecified atom stereocenters. The SMILES string of the molecule is CN(C)CCOc1ccc(CNC(=O)c2cn(C)nc2C(F)(F)F)cc1. The van der Waals surface area contributed by atoms with Crippen LogP contribution in [0.5, 0.6) is 5.75 Å². The van der Waals surface area contributed by atoms with Crippen LogP contribution in [0.3, 0.4) is 0 Å². The standard InChI is InChI=1S/C17H21F3N4O2/c1-23(2)8-9-26-13-6-4-12(5-7-13)10-21-16(25)14-11-24(3)22-15(14)17(18,19)20/h4-7,11H,8-10H2,1-3H3,(H,21,25). The Balaban J connectivity index is 1.94. The third-order valence-corrected chi connectivity index (χ3v) is 3.53. The van der Waals surface area contributed by atoms with E-state index in [1.165, 1.54) is 7.05 Å². The lowest BCUT2D eigenvalue weighted by atomic mass is 10.2. The molecule has 9 heteroatoms. The van der Waals surface area contributed by atoms with Gasteiger partial charge < -0.3 is 15.0 Å². The van der Waals surface area contributed by atoms with Crippen molar-refractivity contribution >= 4 is 5.91 Å². The van der Waals surface area contributed by atoms with Crippen molar-refractivity contribution in [3.8, 4) is 5.75 Å². The van der Waals surface area contributed by atoms with Gasteiger partial charge in [-0.05, 0) is 31.8 Å². The van der Waals surface area contributed by atoms with Crippen molar-refractivity contribution in [2.75, 3.05) is 27.2 Å². The first kappa shape index (κ1) is 19.8. The van der Waals surface area contributed by atoms with Crippen LogP contribution in [0.15, 0.2) is 30.5 Å². The minimum absolute atomic E-state index is 0.100. The van der Waals surface area contributed by atoms with E-state index in [1.54, 1.807) is 24.3 Å². The normalized spacial score (nSPS) is 11.7. The number of aromatic nitrogens is 2. The van der Waals surface area contributed by atoms with Crippen LogP contribution in [0.2, 0.25) is 0 Å². The van der Waals surface area contributed by atoms with Crippen LogP contribution in [0.1, 0.15) is 21.6 Å². The number of hydrogen-bond acceptors (Lipinski definition) is 4. The molecule has 0 fully saturated rings. The number of carbonyl (C=O) groups excluding carboxylic acids is 1. The van der Waals surface area contributed by atoms with E-state index in [4.69, 9.17) is 4.74 Å². The molecule has 0 aliphatic carbocycles. The number of alkyl halides is 3. The Morgan fingerprint density at radius 1 is 1.27 bits per heavy atom. The Kier molecular flexibility index (Phi) is 6.25. The summed E-state index contributed by atoms with van der Waals surface area (Å²) in [5.41, 5.74) is -0.943. The van der Waals surface area contributed by atoms with Gasteiger partial charge in [0, 0.05) is 26.3 Å². The van der Waals surface area contributed by atoms with E-state index in [1.807, 2.05) is 19.0 Å². The molecule has 0 aliphatic heterocycles. The zero-order chi connectivity index (χ0) is 19.3. The number of hydrogen-bond donors (Lipinski definition) is 1. The summed E-state index contributed by atoms with van der Waals surface area (Å²) in [6, 6.07) is 7.00. The van der Waals surface area contributed by atoms with Crippen molar-refractivity contribution in [2.24, 2.45) is 7.05 Å². The van der Waals surface area contributed by atoms with Crippen LogP contribution in [0.4, 0.5) is 13.2 Å². The summed E-state index contributed by atoms with van der Waals surface area (Å²) in [6.07, 6.45) is -3.63. The van der Waals surface area contributed by atoms with Crippen molar-refractivity contribution in [1.29, 1.82) is 0 Å². The lowest BCUT2D eigenvalue weighted by Crippen LogP contribution is -2.25. The zero-order valence-electron chi connectivity index (χ0n) is 14.8. The predicted molar refractivity (Wildman–Crippen MR) is 89.9 cm³/mol. The molecule has 0 spiro atoms. The summed E-state index contributed by atoms with van der Waals surface area (Å²) in [6.45, 7) is 1.43. The number of amides is 1. The summed E-state index contributed by atoms with van der Waals surface area (Å²) in [5, 5.41) is 5.80. The molecule has 142 valence electrons. The molecule has 0 saturated carbocycles. The summed E-state index contributed by atoms with van der Waals surface area (Å²) >= 11 is 0. The molecule has 1 N–H and O–H groups in total. The van der Waals surface area contributed by atoms with Gasteiger partial charge in [-0.25, -0.2) is 0 Å². The van der Waals surface area contributed by atoms with E-state index in [-0.39, 0.29) is 6.54 Å². The number of carbonyl (C=O) groups is 1. The highest BCUT2D eigenvalue weighted by atomic mass is 19.4. The third kappa shape index (κ3) is 5.48. The maximum atomic E-state index is 12.9. The summed E-state index contributed by atoms with van der Waals surface area (Å²) < 4.78 is 45.3. The highest BCUT2D eigenvalue weighted by Gasteiger charge is 2.38. The molecule has 0 aliphatic rings. The first-order chi connectivity index (χ1) is 12.2. The van der Waals surface area contributed by atoms with E-state index in [0.29, 0.717) is 12.4 Å². The average molecular weight is 370 g/mol. The lowest BCUT2D eigenvalue weighted by Gasteiger charge is -2.11. The van der Waals surface area contributed by atoms with Crippen LogP contribution in [0, 0.1) is 0 Å². The number of halogens is 3.